The van der Waals surface area contributed by atoms with Gasteiger partial charge in [0.05, 0.1) is 24.9 Å². The van der Waals surface area contributed by atoms with E-state index in [4.69, 9.17) is 4.74 Å². The van der Waals surface area contributed by atoms with Crippen molar-refractivity contribution in [3.05, 3.63) is 60.8 Å². The van der Waals surface area contributed by atoms with Gasteiger partial charge in [-0.3, -0.25) is 4.79 Å². The van der Waals surface area contributed by atoms with Crippen LogP contribution in [0, 0.1) is 0 Å². The fraction of sp³-hybridized carbons (Fsp3) is 0.292. The summed E-state index contributed by atoms with van der Waals surface area (Å²) in [5, 5.41) is 9.32. The van der Waals surface area contributed by atoms with Gasteiger partial charge in [-0.05, 0) is 55.4 Å². The SMILES string of the molecule is O=C(Nc1ccc(-c2ccnc(Nc3ccc(N4CCOCC4)cc3)n2)cc1)C1CCN1. The van der Waals surface area contributed by atoms with E-state index >= 15 is 0 Å². The van der Waals surface area contributed by atoms with Crippen molar-refractivity contribution in [1.82, 2.24) is 15.3 Å². The van der Waals surface area contributed by atoms with Crippen molar-refractivity contribution >= 4 is 28.9 Å². The number of benzene rings is 2. The Hall–Kier alpha value is -3.49. The first-order chi connectivity index (χ1) is 15.7. The van der Waals surface area contributed by atoms with Crippen molar-refractivity contribution in [3.63, 3.8) is 0 Å². The first-order valence-corrected chi connectivity index (χ1v) is 10.9. The number of hydrogen-bond donors (Lipinski definition) is 3. The Labute approximate surface area is 187 Å². The van der Waals surface area contributed by atoms with Gasteiger partial charge in [0.1, 0.15) is 0 Å². The number of carbonyl (C=O) groups excluding carboxylic acids is 1. The van der Waals surface area contributed by atoms with Gasteiger partial charge in [-0.1, -0.05) is 12.1 Å². The van der Waals surface area contributed by atoms with E-state index in [-0.39, 0.29) is 11.9 Å². The zero-order valence-corrected chi connectivity index (χ0v) is 17.8. The lowest BCUT2D eigenvalue weighted by Gasteiger charge is -2.28. The molecule has 1 atom stereocenters. The van der Waals surface area contributed by atoms with Crippen LogP contribution in [0.25, 0.3) is 11.3 Å². The minimum atomic E-state index is -0.0758. The summed E-state index contributed by atoms with van der Waals surface area (Å²) in [6, 6.07) is 17.8. The average molecular weight is 431 g/mol. The van der Waals surface area contributed by atoms with Crippen molar-refractivity contribution in [2.75, 3.05) is 48.4 Å². The van der Waals surface area contributed by atoms with E-state index in [0.29, 0.717) is 5.95 Å². The van der Waals surface area contributed by atoms with E-state index in [0.717, 1.165) is 61.9 Å². The summed E-state index contributed by atoms with van der Waals surface area (Å²) >= 11 is 0. The van der Waals surface area contributed by atoms with Crippen LogP contribution in [0.15, 0.2) is 60.8 Å². The second kappa shape index (κ2) is 9.33. The van der Waals surface area contributed by atoms with Gasteiger partial charge in [0, 0.05) is 41.9 Å². The molecule has 0 aliphatic carbocycles. The van der Waals surface area contributed by atoms with Crippen LogP contribution < -0.4 is 20.9 Å². The summed E-state index contributed by atoms with van der Waals surface area (Å²) in [6.45, 7) is 4.27. The maximum Gasteiger partial charge on any atom is 0.241 e. The second-order valence-corrected chi connectivity index (χ2v) is 7.90. The zero-order valence-electron chi connectivity index (χ0n) is 17.8. The first-order valence-electron chi connectivity index (χ1n) is 10.9. The molecule has 1 aromatic heterocycles. The molecule has 5 rings (SSSR count). The van der Waals surface area contributed by atoms with Gasteiger partial charge in [0.15, 0.2) is 0 Å². The normalized spacial score (nSPS) is 18.0. The highest BCUT2D eigenvalue weighted by Crippen LogP contribution is 2.23. The maximum absolute atomic E-state index is 12.1. The molecule has 3 heterocycles. The molecule has 0 radical (unpaired) electrons. The van der Waals surface area contributed by atoms with Crippen LogP contribution in [-0.4, -0.2) is 54.8 Å². The lowest BCUT2D eigenvalue weighted by molar-refractivity contribution is -0.119. The molecule has 8 heteroatoms. The molecule has 2 saturated heterocycles. The third kappa shape index (κ3) is 4.71. The lowest BCUT2D eigenvalue weighted by atomic mass is 10.1. The number of anilines is 4. The molecule has 3 aromatic rings. The van der Waals surface area contributed by atoms with Gasteiger partial charge >= 0.3 is 0 Å². The maximum atomic E-state index is 12.1. The molecule has 3 N–H and O–H groups in total. The van der Waals surface area contributed by atoms with Gasteiger partial charge in [0.2, 0.25) is 11.9 Å². The van der Waals surface area contributed by atoms with Gasteiger partial charge < -0.3 is 25.6 Å². The molecular weight excluding hydrogens is 404 g/mol. The van der Waals surface area contributed by atoms with Crippen LogP contribution in [0.2, 0.25) is 0 Å². The van der Waals surface area contributed by atoms with Gasteiger partial charge in [-0.15, -0.1) is 0 Å². The van der Waals surface area contributed by atoms with E-state index in [9.17, 15) is 4.79 Å². The Kier molecular flexibility index (Phi) is 5.96. The molecule has 2 fully saturated rings. The minimum Gasteiger partial charge on any atom is -0.378 e. The fourth-order valence-corrected chi connectivity index (χ4v) is 3.75. The third-order valence-corrected chi connectivity index (χ3v) is 5.74. The average Bonchev–Trinajstić information content (AvgIpc) is 2.80. The highest BCUT2D eigenvalue weighted by atomic mass is 16.5. The van der Waals surface area contributed by atoms with Crippen molar-refractivity contribution < 1.29 is 9.53 Å². The van der Waals surface area contributed by atoms with E-state index in [2.05, 4.69) is 43.0 Å². The minimum absolute atomic E-state index is 0.0113. The number of morpholine rings is 1. The number of amides is 1. The van der Waals surface area contributed by atoms with Crippen molar-refractivity contribution in [3.8, 4) is 11.3 Å². The van der Waals surface area contributed by atoms with Crippen LogP contribution in [0.1, 0.15) is 6.42 Å². The van der Waals surface area contributed by atoms with Gasteiger partial charge in [-0.25, -0.2) is 9.97 Å². The van der Waals surface area contributed by atoms with E-state index < -0.39 is 0 Å². The van der Waals surface area contributed by atoms with Crippen LogP contribution >= 0.6 is 0 Å². The predicted molar refractivity (Wildman–Crippen MR) is 125 cm³/mol. The smallest absolute Gasteiger partial charge is 0.241 e. The molecule has 164 valence electrons. The monoisotopic (exact) mass is 430 g/mol. The Bertz CT molecular complexity index is 1060. The summed E-state index contributed by atoms with van der Waals surface area (Å²) in [5.41, 5.74) is 4.67. The molecule has 8 nitrogen and oxygen atoms in total. The number of nitrogens with zero attached hydrogens (tertiary/aromatic N) is 3. The number of aromatic nitrogens is 2. The van der Waals surface area contributed by atoms with Crippen LogP contribution in [0.4, 0.5) is 23.0 Å². The van der Waals surface area contributed by atoms with Gasteiger partial charge in [0.25, 0.3) is 0 Å². The summed E-state index contributed by atoms with van der Waals surface area (Å²) in [4.78, 5) is 23.4. The topological polar surface area (TPSA) is 91.4 Å². The van der Waals surface area contributed by atoms with Crippen LogP contribution in [-0.2, 0) is 9.53 Å². The number of nitrogens with one attached hydrogen (secondary N) is 3. The molecule has 0 saturated carbocycles. The van der Waals surface area contributed by atoms with E-state index in [1.165, 1.54) is 5.69 Å². The van der Waals surface area contributed by atoms with E-state index in [1.807, 2.05) is 42.5 Å². The molecule has 1 unspecified atom stereocenters. The molecule has 2 aliphatic heterocycles. The van der Waals surface area contributed by atoms with Gasteiger partial charge in [-0.2, -0.15) is 0 Å². The molecule has 32 heavy (non-hydrogen) atoms. The zero-order chi connectivity index (χ0) is 21.8. The van der Waals surface area contributed by atoms with E-state index in [1.54, 1.807) is 6.20 Å². The number of ether oxygens (including phenoxy) is 1. The highest BCUT2D eigenvalue weighted by Gasteiger charge is 2.24. The summed E-state index contributed by atoms with van der Waals surface area (Å²) in [7, 11) is 0. The first kappa shape index (κ1) is 20.4. The summed E-state index contributed by atoms with van der Waals surface area (Å²) in [5.74, 6) is 0.548. The Balaban J connectivity index is 1.23. The summed E-state index contributed by atoms with van der Waals surface area (Å²) < 4.78 is 5.42. The fourth-order valence-electron chi connectivity index (χ4n) is 3.75. The van der Waals surface area contributed by atoms with Crippen molar-refractivity contribution in [1.29, 1.82) is 0 Å². The van der Waals surface area contributed by atoms with Crippen LogP contribution in [0.3, 0.4) is 0 Å². The second-order valence-electron chi connectivity index (χ2n) is 7.90. The molecule has 2 aliphatic rings. The Morgan fingerprint density at radius 2 is 1.72 bits per heavy atom. The summed E-state index contributed by atoms with van der Waals surface area (Å²) in [6.07, 6.45) is 2.63. The number of carbonyl (C=O) groups is 1. The third-order valence-electron chi connectivity index (χ3n) is 5.74. The largest absolute Gasteiger partial charge is 0.378 e. The quantitative estimate of drug-likeness (QED) is 0.554. The highest BCUT2D eigenvalue weighted by molar-refractivity contribution is 5.95. The van der Waals surface area contributed by atoms with Crippen molar-refractivity contribution in [2.24, 2.45) is 0 Å². The standard InChI is InChI=1S/C24H26N6O2/c31-23(22-10-11-25-22)27-18-3-1-17(2-4-18)21-9-12-26-24(29-21)28-19-5-7-20(8-6-19)30-13-15-32-16-14-30/h1-9,12,22,25H,10-11,13-16H2,(H,27,31)(H,26,28,29). The Morgan fingerprint density at radius 1 is 1.00 bits per heavy atom. The van der Waals surface area contributed by atoms with Crippen molar-refractivity contribution in [2.45, 2.75) is 12.5 Å². The lowest BCUT2D eigenvalue weighted by Crippen LogP contribution is -2.50. The molecule has 1 amide bonds. The Morgan fingerprint density at radius 3 is 2.41 bits per heavy atom. The molecule has 2 aromatic carbocycles. The number of hydrogen-bond acceptors (Lipinski definition) is 7. The molecule has 0 bridgehead atoms. The molecule has 0 spiro atoms. The predicted octanol–water partition coefficient (Wildman–Crippen LogP) is 3.02. The van der Waals surface area contributed by atoms with Crippen LogP contribution in [0.5, 0.6) is 0 Å². The number of rotatable bonds is 6. The molecular formula is C24H26N6O2.